The number of aliphatic hydroxyl groups excluding tert-OH is 1. The summed E-state index contributed by atoms with van der Waals surface area (Å²) in [5.41, 5.74) is 0. The van der Waals surface area contributed by atoms with Gasteiger partial charge >= 0.3 is 7.82 Å². The van der Waals surface area contributed by atoms with Crippen LogP contribution in [-0.2, 0) is 18.1 Å². The van der Waals surface area contributed by atoms with Crippen molar-refractivity contribution in [2.45, 2.75) is 98.8 Å². The van der Waals surface area contributed by atoms with Crippen LogP contribution in [0.3, 0.4) is 0 Å². The molecule has 1 unspecified atom stereocenters. The summed E-state index contributed by atoms with van der Waals surface area (Å²) in [5.74, 6) is 0.560. The van der Waals surface area contributed by atoms with Gasteiger partial charge in [0.25, 0.3) is 0 Å². The number of phosphoric acid groups is 1. The molecular formula is C20H45O5P. The largest absolute Gasteiger partial charge is 0.474 e. The molecule has 0 spiro atoms. The third-order valence-electron chi connectivity index (χ3n) is 4.04. The Kier molecular flexibility index (Phi) is 23.2. The highest BCUT2D eigenvalue weighted by atomic mass is 31.2. The second kappa shape index (κ2) is 21.4. The summed E-state index contributed by atoms with van der Waals surface area (Å²) in [6.45, 7) is 12.2. The topological polar surface area (TPSA) is 65.0 Å². The van der Waals surface area contributed by atoms with Gasteiger partial charge in [0, 0.05) is 6.61 Å². The maximum absolute atomic E-state index is 12.2. The SMILES string of the molecule is CCCCC(CC)CO.CCCCOP(=O)(OCCCC)OCCCC. The van der Waals surface area contributed by atoms with E-state index < -0.39 is 7.82 Å². The molecule has 160 valence electrons. The van der Waals surface area contributed by atoms with Gasteiger partial charge in [-0.3, -0.25) is 13.6 Å². The lowest BCUT2D eigenvalue weighted by Crippen LogP contribution is -2.03. The molecule has 26 heavy (non-hydrogen) atoms. The smallest absolute Gasteiger partial charge is 0.396 e. The molecule has 0 saturated heterocycles. The van der Waals surface area contributed by atoms with Crippen molar-refractivity contribution >= 4 is 7.82 Å². The van der Waals surface area contributed by atoms with E-state index in [2.05, 4.69) is 34.6 Å². The van der Waals surface area contributed by atoms with Crippen molar-refractivity contribution in [3.8, 4) is 0 Å². The summed E-state index contributed by atoms with van der Waals surface area (Å²) in [6.07, 6.45) is 10.5. The molecule has 0 heterocycles. The molecule has 0 amide bonds. The van der Waals surface area contributed by atoms with E-state index in [-0.39, 0.29) is 0 Å². The fraction of sp³-hybridized carbons (Fsp3) is 1.00. The predicted octanol–water partition coefficient (Wildman–Crippen LogP) is 6.74. The molecule has 0 saturated carbocycles. The molecule has 0 radical (unpaired) electrons. The Morgan fingerprint density at radius 3 is 1.38 bits per heavy atom. The predicted molar refractivity (Wildman–Crippen MR) is 111 cm³/mol. The Bertz CT molecular complexity index is 275. The van der Waals surface area contributed by atoms with E-state index in [1.54, 1.807) is 0 Å². The third kappa shape index (κ3) is 18.8. The summed E-state index contributed by atoms with van der Waals surface area (Å²) in [5, 5.41) is 8.75. The van der Waals surface area contributed by atoms with E-state index in [9.17, 15) is 4.57 Å². The van der Waals surface area contributed by atoms with Gasteiger partial charge in [0.05, 0.1) is 19.8 Å². The van der Waals surface area contributed by atoms with Gasteiger partial charge in [0.2, 0.25) is 0 Å². The maximum Gasteiger partial charge on any atom is 0.474 e. The van der Waals surface area contributed by atoms with Crippen LogP contribution in [0, 0.1) is 5.92 Å². The Hall–Kier alpha value is 0.0700. The van der Waals surface area contributed by atoms with Crippen molar-refractivity contribution < 1.29 is 23.2 Å². The normalized spacial score (nSPS) is 12.5. The number of rotatable bonds is 17. The summed E-state index contributed by atoms with van der Waals surface area (Å²) in [7, 11) is -3.31. The summed E-state index contributed by atoms with van der Waals surface area (Å²) in [4.78, 5) is 0. The van der Waals surface area contributed by atoms with Gasteiger partial charge in [-0.25, -0.2) is 4.57 Å². The van der Waals surface area contributed by atoms with Crippen molar-refractivity contribution in [1.29, 1.82) is 0 Å². The molecule has 0 bridgehead atoms. The standard InChI is InChI=1S/C12H27O4P.C8H18O/c1-4-7-10-14-17(13,15-11-8-5-2)16-12-9-6-3;1-3-5-6-8(4-2)7-9/h4-12H2,1-3H3;8-9H,3-7H2,1-2H3. The highest BCUT2D eigenvalue weighted by Crippen LogP contribution is 2.49. The zero-order valence-electron chi connectivity index (χ0n) is 18.0. The van der Waals surface area contributed by atoms with Crippen molar-refractivity contribution in [1.82, 2.24) is 0 Å². The zero-order chi connectivity index (χ0) is 20.1. The number of unbranched alkanes of at least 4 members (excludes halogenated alkanes) is 4. The van der Waals surface area contributed by atoms with Crippen LogP contribution in [0.15, 0.2) is 0 Å². The number of phosphoric ester groups is 1. The highest BCUT2D eigenvalue weighted by molar-refractivity contribution is 7.48. The lowest BCUT2D eigenvalue weighted by atomic mass is 10.0. The first-order valence-electron chi connectivity index (χ1n) is 10.7. The maximum atomic E-state index is 12.2. The van der Waals surface area contributed by atoms with E-state index in [0.29, 0.717) is 32.3 Å². The van der Waals surface area contributed by atoms with Crippen molar-refractivity contribution in [2.24, 2.45) is 5.92 Å². The molecule has 0 aliphatic carbocycles. The lowest BCUT2D eigenvalue weighted by molar-refractivity contribution is 0.110. The van der Waals surface area contributed by atoms with Gasteiger partial charge in [-0.1, -0.05) is 73.1 Å². The fourth-order valence-corrected chi connectivity index (χ4v) is 3.27. The molecule has 0 rings (SSSR count). The average molecular weight is 397 g/mol. The van der Waals surface area contributed by atoms with Crippen LogP contribution in [0.4, 0.5) is 0 Å². The van der Waals surface area contributed by atoms with Crippen LogP contribution in [0.2, 0.25) is 0 Å². The van der Waals surface area contributed by atoms with Gasteiger partial charge in [-0.05, 0) is 31.6 Å². The monoisotopic (exact) mass is 396 g/mol. The minimum Gasteiger partial charge on any atom is -0.396 e. The van der Waals surface area contributed by atoms with Crippen molar-refractivity contribution in [2.75, 3.05) is 26.4 Å². The van der Waals surface area contributed by atoms with Crippen LogP contribution in [0.1, 0.15) is 98.8 Å². The molecule has 0 aromatic heterocycles. The van der Waals surface area contributed by atoms with Gasteiger partial charge < -0.3 is 5.11 Å². The fourth-order valence-electron chi connectivity index (χ4n) is 1.99. The van der Waals surface area contributed by atoms with Crippen LogP contribution in [0.5, 0.6) is 0 Å². The second-order valence-electron chi connectivity index (χ2n) is 6.61. The molecule has 5 nitrogen and oxygen atoms in total. The van der Waals surface area contributed by atoms with Gasteiger partial charge in [-0.15, -0.1) is 0 Å². The molecular weight excluding hydrogens is 351 g/mol. The van der Waals surface area contributed by atoms with Crippen LogP contribution in [-0.4, -0.2) is 31.5 Å². The molecule has 0 aromatic carbocycles. The quantitative estimate of drug-likeness (QED) is 0.218. The second-order valence-corrected chi connectivity index (χ2v) is 8.28. The van der Waals surface area contributed by atoms with Gasteiger partial charge in [0.15, 0.2) is 0 Å². The average Bonchev–Trinajstić information content (AvgIpc) is 2.64. The Morgan fingerprint density at radius 1 is 0.731 bits per heavy atom. The number of aliphatic hydroxyl groups is 1. The number of hydrogen-bond acceptors (Lipinski definition) is 5. The van der Waals surface area contributed by atoms with E-state index in [1.165, 1.54) is 19.3 Å². The minimum absolute atomic E-state index is 0.372. The molecule has 0 fully saturated rings. The Morgan fingerprint density at radius 2 is 1.12 bits per heavy atom. The van der Waals surface area contributed by atoms with Crippen LogP contribution in [0.25, 0.3) is 0 Å². The molecule has 0 aromatic rings. The third-order valence-corrected chi connectivity index (χ3v) is 5.54. The van der Waals surface area contributed by atoms with Crippen molar-refractivity contribution in [3.05, 3.63) is 0 Å². The van der Waals surface area contributed by atoms with Gasteiger partial charge in [-0.2, -0.15) is 0 Å². The van der Waals surface area contributed by atoms with Gasteiger partial charge in [0.1, 0.15) is 0 Å². The Labute approximate surface area is 162 Å². The molecule has 1 atom stereocenters. The Balaban J connectivity index is 0. The summed E-state index contributed by atoms with van der Waals surface area (Å²) < 4.78 is 28.0. The van der Waals surface area contributed by atoms with E-state index >= 15 is 0 Å². The first-order chi connectivity index (χ1) is 12.5. The molecule has 0 aliphatic heterocycles. The van der Waals surface area contributed by atoms with Crippen LogP contribution >= 0.6 is 7.82 Å². The van der Waals surface area contributed by atoms with E-state index in [1.807, 2.05) is 0 Å². The lowest BCUT2D eigenvalue weighted by Gasteiger charge is -2.17. The zero-order valence-corrected chi connectivity index (χ0v) is 18.9. The molecule has 6 heteroatoms. The number of hydrogen-bond donors (Lipinski definition) is 1. The molecule has 0 aliphatic rings. The van der Waals surface area contributed by atoms with E-state index in [0.717, 1.165) is 44.9 Å². The van der Waals surface area contributed by atoms with Crippen molar-refractivity contribution in [3.63, 3.8) is 0 Å². The molecule has 1 N–H and O–H groups in total. The highest BCUT2D eigenvalue weighted by Gasteiger charge is 2.25. The minimum atomic E-state index is -3.31. The first kappa shape index (κ1) is 28.3. The summed E-state index contributed by atoms with van der Waals surface area (Å²) in [6, 6.07) is 0. The van der Waals surface area contributed by atoms with Crippen LogP contribution < -0.4 is 0 Å². The first-order valence-corrected chi connectivity index (χ1v) is 12.1. The van der Waals surface area contributed by atoms with E-state index in [4.69, 9.17) is 18.7 Å². The summed E-state index contributed by atoms with van der Waals surface area (Å²) >= 11 is 0.